The van der Waals surface area contributed by atoms with Crippen molar-refractivity contribution in [3.05, 3.63) is 92.8 Å². The summed E-state index contributed by atoms with van der Waals surface area (Å²) in [5.74, 6) is -6.26. The summed E-state index contributed by atoms with van der Waals surface area (Å²) in [5.41, 5.74) is 1.29. The predicted octanol–water partition coefficient (Wildman–Crippen LogP) is 7.71. The highest BCUT2D eigenvalue weighted by molar-refractivity contribution is 14.1. The minimum atomic E-state index is -4.07. The van der Waals surface area contributed by atoms with Gasteiger partial charge in [-0.3, -0.25) is 0 Å². The highest BCUT2D eigenvalue weighted by Crippen LogP contribution is 2.38. The number of ether oxygens (including phenoxy) is 1. The zero-order chi connectivity index (χ0) is 25.6. The number of hydrogen-bond acceptors (Lipinski definition) is 5. The first kappa shape index (κ1) is 24.4. The van der Waals surface area contributed by atoms with Crippen molar-refractivity contribution in [1.29, 1.82) is 0 Å². The van der Waals surface area contributed by atoms with Gasteiger partial charge in [-0.25, -0.2) is 32.5 Å². The Bertz CT molecular complexity index is 1590. The lowest BCUT2D eigenvalue weighted by atomic mass is 10.0. The van der Waals surface area contributed by atoms with Crippen molar-refractivity contribution in [2.45, 2.75) is 6.11 Å². The molecule has 4 nitrogen and oxygen atoms in total. The molecule has 182 valence electrons. The van der Waals surface area contributed by atoms with Gasteiger partial charge in [0.05, 0.1) is 10.2 Å². The molecular formula is C24H10F6IN3OS. The predicted molar refractivity (Wildman–Crippen MR) is 130 cm³/mol. The summed E-state index contributed by atoms with van der Waals surface area (Å²) >= 11 is 2.62. The van der Waals surface area contributed by atoms with Crippen molar-refractivity contribution in [3.63, 3.8) is 0 Å². The van der Waals surface area contributed by atoms with Crippen LogP contribution < -0.4 is 4.74 Å². The van der Waals surface area contributed by atoms with E-state index in [-0.39, 0.29) is 11.1 Å². The monoisotopic (exact) mass is 629 g/mol. The maximum absolute atomic E-state index is 14.9. The van der Waals surface area contributed by atoms with E-state index in [9.17, 15) is 26.3 Å². The molecule has 2 heterocycles. The molecule has 5 rings (SSSR count). The van der Waals surface area contributed by atoms with Crippen LogP contribution in [0.15, 0.2) is 60.9 Å². The van der Waals surface area contributed by atoms with Crippen LogP contribution >= 0.6 is 33.9 Å². The lowest BCUT2D eigenvalue weighted by Gasteiger charge is -2.15. The van der Waals surface area contributed by atoms with Crippen molar-refractivity contribution in [3.8, 4) is 28.3 Å². The average Bonchev–Trinajstić information content (AvgIpc) is 3.27. The Morgan fingerprint density at radius 3 is 2.14 bits per heavy atom. The van der Waals surface area contributed by atoms with E-state index in [0.29, 0.717) is 45.1 Å². The Balaban J connectivity index is 1.44. The van der Waals surface area contributed by atoms with Crippen LogP contribution in [-0.2, 0) is 6.11 Å². The number of thiazole rings is 1. The first-order valence-electron chi connectivity index (χ1n) is 10.0. The largest absolute Gasteiger partial charge is 0.454 e. The van der Waals surface area contributed by atoms with Crippen LogP contribution in [-0.4, -0.2) is 15.0 Å². The maximum atomic E-state index is 14.9. The average molecular weight is 629 g/mol. The summed E-state index contributed by atoms with van der Waals surface area (Å²) in [6, 6.07) is 9.53. The SMILES string of the molecule is Fc1cc(-c2ncc(I)cn2)ccc1-c1ccc2nc(C(F)(F)Oc3cc(F)c(F)c(F)c3)sc2c1. The summed E-state index contributed by atoms with van der Waals surface area (Å²) in [5, 5.41) is -0.800. The Hall–Kier alpha value is -3.26. The van der Waals surface area contributed by atoms with Crippen LogP contribution in [0.25, 0.3) is 32.7 Å². The van der Waals surface area contributed by atoms with E-state index < -0.39 is 40.1 Å². The van der Waals surface area contributed by atoms with Crippen LogP contribution in [0.2, 0.25) is 0 Å². The molecule has 0 N–H and O–H groups in total. The molecule has 0 radical (unpaired) electrons. The molecule has 0 saturated carbocycles. The van der Waals surface area contributed by atoms with Crippen LogP contribution in [0.4, 0.5) is 26.3 Å². The minimum Gasteiger partial charge on any atom is -0.427 e. The number of nitrogens with zero attached hydrogens (tertiary/aromatic N) is 3. The molecule has 0 saturated heterocycles. The molecule has 0 spiro atoms. The second-order valence-electron chi connectivity index (χ2n) is 7.44. The molecule has 3 aromatic carbocycles. The van der Waals surface area contributed by atoms with Gasteiger partial charge in [0.25, 0.3) is 0 Å². The van der Waals surface area contributed by atoms with Gasteiger partial charge in [0.2, 0.25) is 5.01 Å². The van der Waals surface area contributed by atoms with Crippen LogP contribution in [0.3, 0.4) is 0 Å². The number of alkyl halides is 2. The molecule has 0 bridgehead atoms. The summed E-state index contributed by atoms with van der Waals surface area (Å²) in [6.45, 7) is 0. The number of benzene rings is 3. The zero-order valence-electron chi connectivity index (χ0n) is 17.6. The third-order valence-corrected chi connectivity index (χ3v) is 6.63. The quantitative estimate of drug-likeness (QED) is 0.114. The molecule has 0 aliphatic heterocycles. The van der Waals surface area contributed by atoms with Crippen LogP contribution in [0, 0.1) is 26.8 Å². The van der Waals surface area contributed by atoms with E-state index in [4.69, 9.17) is 0 Å². The fraction of sp³-hybridized carbons (Fsp3) is 0.0417. The highest BCUT2D eigenvalue weighted by Gasteiger charge is 2.39. The van der Waals surface area contributed by atoms with E-state index in [1.807, 2.05) is 0 Å². The van der Waals surface area contributed by atoms with Gasteiger partial charge >= 0.3 is 6.11 Å². The van der Waals surface area contributed by atoms with E-state index in [2.05, 4.69) is 42.3 Å². The second-order valence-corrected chi connectivity index (χ2v) is 9.72. The Labute approximate surface area is 216 Å². The van der Waals surface area contributed by atoms with Crippen LogP contribution in [0.5, 0.6) is 5.75 Å². The lowest BCUT2D eigenvalue weighted by Crippen LogP contribution is -2.21. The van der Waals surface area contributed by atoms with E-state index in [1.54, 1.807) is 18.5 Å². The molecule has 0 atom stereocenters. The number of fused-ring (bicyclic) bond motifs is 1. The molecule has 2 aromatic heterocycles. The number of aromatic nitrogens is 3. The topological polar surface area (TPSA) is 47.9 Å². The molecule has 0 amide bonds. The van der Waals surface area contributed by atoms with Gasteiger partial charge in [-0.1, -0.05) is 18.2 Å². The third kappa shape index (κ3) is 4.74. The van der Waals surface area contributed by atoms with E-state index in [1.165, 1.54) is 30.3 Å². The zero-order valence-corrected chi connectivity index (χ0v) is 20.6. The van der Waals surface area contributed by atoms with Gasteiger partial charge in [0, 0.05) is 39.2 Å². The normalized spacial score (nSPS) is 11.8. The van der Waals surface area contributed by atoms with Gasteiger partial charge in [0.15, 0.2) is 23.3 Å². The molecule has 0 fully saturated rings. The summed E-state index contributed by atoms with van der Waals surface area (Å²) in [7, 11) is 0. The first-order valence-corrected chi connectivity index (χ1v) is 11.9. The number of hydrogen-bond donors (Lipinski definition) is 0. The number of rotatable bonds is 5. The fourth-order valence-electron chi connectivity index (χ4n) is 3.35. The lowest BCUT2D eigenvalue weighted by molar-refractivity contribution is -0.185. The van der Waals surface area contributed by atoms with Gasteiger partial charge in [-0.15, -0.1) is 11.3 Å². The third-order valence-electron chi connectivity index (χ3n) is 5.00. The maximum Gasteiger partial charge on any atom is 0.454 e. The van der Waals surface area contributed by atoms with Crippen molar-refractivity contribution < 1.29 is 31.1 Å². The van der Waals surface area contributed by atoms with E-state index >= 15 is 0 Å². The molecule has 12 heteroatoms. The van der Waals surface area contributed by atoms with E-state index in [0.717, 1.165) is 3.57 Å². The minimum absolute atomic E-state index is 0.183. The summed E-state index contributed by atoms with van der Waals surface area (Å²) in [4.78, 5) is 12.2. The molecule has 5 aromatic rings. The smallest absolute Gasteiger partial charge is 0.427 e. The molecule has 0 unspecified atom stereocenters. The van der Waals surface area contributed by atoms with Crippen molar-refractivity contribution in [2.75, 3.05) is 0 Å². The Kier molecular flexibility index (Phi) is 6.32. The Morgan fingerprint density at radius 1 is 0.806 bits per heavy atom. The van der Waals surface area contributed by atoms with Crippen LogP contribution in [0.1, 0.15) is 5.01 Å². The Morgan fingerprint density at radius 2 is 1.47 bits per heavy atom. The van der Waals surface area contributed by atoms with Gasteiger partial charge in [-0.2, -0.15) is 8.78 Å². The molecular weight excluding hydrogens is 619 g/mol. The van der Waals surface area contributed by atoms with Crippen molar-refractivity contribution in [1.82, 2.24) is 15.0 Å². The molecule has 0 aliphatic rings. The second kappa shape index (κ2) is 9.32. The number of halogens is 7. The van der Waals surface area contributed by atoms with Gasteiger partial charge in [0.1, 0.15) is 11.6 Å². The summed E-state index contributed by atoms with van der Waals surface area (Å²) in [6.07, 6.45) is -0.861. The summed E-state index contributed by atoms with van der Waals surface area (Å²) < 4.78 is 89.7. The standard InChI is InChI=1S/C24H10F6IN3OS/c25-16-5-12(22-32-9-13(31)10-33-22)1-3-15(16)11-2-4-19-20(6-11)36-23(34-19)24(29,30)35-14-7-17(26)21(28)18(27)8-14/h1-10H. The fourth-order valence-corrected chi connectivity index (χ4v) is 4.54. The van der Waals surface area contributed by atoms with Gasteiger partial charge < -0.3 is 4.74 Å². The van der Waals surface area contributed by atoms with Crippen molar-refractivity contribution in [2.24, 2.45) is 0 Å². The molecule has 36 heavy (non-hydrogen) atoms. The molecule has 0 aliphatic carbocycles. The first-order chi connectivity index (χ1) is 17.1. The highest BCUT2D eigenvalue weighted by atomic mass is 127. The van der Waals surface area contributed by atoms with Crippen molar-refractivity contribution >= 4 is 44.1 Å². The van der Waals surface area contributed by atoms with Gasteiger partial charge in [-0.05, 0) is 46.4 Å².